The van der Waals surface area contributed by atoms with Crippen molar-refractivity contribution in [3.05, 3.63) is 0 Å². The lowest BCUT2D eigenvalue weighted by molar-refractivity contribution is -0.120. The summed E-state index contributed by atoms with van der Waals surface area (Å²) in [5, 5.41) is 0. The van der Waals surface area contributed by atoms with E-state index >= 15 is 0 Å². The zero-order chi connectivity index (χ0) is 9.12. The number of rotatable bonds is 4. The van der Waals surface area contributed by atoms with Gasteiger partial charge in [0, 0.05) is 6.42 Å². The van der Waals surface area contributed by atoms with E-state index in [4.69, 9.17) is 0 Å². The summed E-state index contributed by atoms with van der Waals surface area (Å²) in [6.45, 7) is -0.948. The van der Waals surface area contributed by atoms with E-state index in [9.17, 15) is 22.0 Å². The Kier molecular flexibility index (Phi) is 3.26. The van der Waals surface area contributed by atoms with Crippen molar-refractivity contribution in [1.82, 2.24) is 0 Å². The average Bonchev–Trinajstić information content (AvgIpc) is 1.86. The Morgan fingerprint density at radius 2 is 1.45 bits per heavy atom. The van der Waals surface area contributed by atoms with Crippen molar-refractivity contribution in [3.63, 3.8) is 0 Å². The van der Waals surface area contributed by atoms with Crippen LogP contribution in [-0.2, 0) is 0 Å². The van der Waals surface area contributed by atoms with Gasteiger partial charge in [-0.1, -0.05) is 6.92 Å². The van der Waals surface area contributed by atoms with Crippen molar-refractivity contribution in [2.24, 2.45) is 0 Å². The molecule has 0 bridgehead atoms. The summed E-state index contributed by atoms with van der Waals surface area (Å²) in [6.07, 6.45) is -2.39. The number of hydrogen-bond donors (Lipinski definition) is 0. The topological polar surface area (TPSA) is 0 Å². The van der Waals surface area contributed by atoms with Gasteiger partial charge in [0.2, 0.25) is 0 Å². The van der Waals surface area contributed by atoms with E-state index in [2.05, 4.69) is 0 Å². The molecule has 0 aliphatic rings. The fourth-order valence-corrected chi connectivity index (χ4v) is 0.551. The highest BCUT2D eigenvalue weighted by atomic mass is 19.3. The Morgan fingerprint density at radius 3 is 1.73 bits per heavy atom. The average molecular weight is 176 g/mol. The smallest absolute Gasteiger partial charge is 0.244 e. The Labute approximate surface area is 61.4 Å². The van der Waals surface area contributed by atoms with Gasteiger partial charge in [-0.05, 0) is 0 Å². The van der Waals surface area contributed by atoms with Gasteiger partial charge < -0.3 is 0 Å². The van der Waals surface area contributed by atoms with Crippen molar-refractivity contribution in [2.45, 2.75) is 31.6 Å². The molecule has 0 rings (SSSR count). The molecule has 0 unspecified atom stereocenters. The van der Waals surface area contributed by atoms with Crippen LogP contribution in [-0.4, -0.2) is 18.5 Å². The summed E-state index contributed by atoms with van der Waals surface area (Å²) in [7, 11) is 0. The van der Waals surface area contributed by atoms with E-state index < -0.39 is 31.4 Å². The second kappa shape index (κ2) is 3.36. The van der Waals surface area contributed by atoms with Gasteiger partial charge in [0.15, 0.2) is 6.67 Å². The Balaban J connectivity index is 4.02. The first-order valence-electron chi connectivity index (χ1n) is 3.14. The number of halogens is 5. The van der Waals surface area contributed by atoms with E-state index in [0.29, 0.717) is 0 Å². The van der Waals surface area contributed by atoms with Gasteiger partial charge in [-0.2, -0.15) is 0 Å². The molecule has 0 aromatic heterocycles. The Morgan fingerprint density at radius 1 is 1.00 bits per heavy atom. The van der Waals surface area contributed by atoms with Crippen molar-refractivity contribution in [3.8, 4) is 0 Å². The maximum absolute atomic E-state index is 12.2. The molecular formula is C6H9F5. The summed E-state index contributed by atoms with van der Waals surface area (Å²) in [6, 6.07) is 0. The minimum Gasteiger partial charge on any atom is -0.244 e. The third-order valence-electron chi connectivity index (χ3n) is 1.23. The van der Waals surface area contributed by atoms with Gasteiger partial charge in [-0.25, -0.2) is 22.0 Å². The summed E-state index contributed by atoms with van der Waals surface area (Å²) in [4.78, 5) is 0. The molecule has 0 amide bonds. The van der Waals surface area contributed by atoms with E-state index in [0.717, 1.165) is 6.92 Å². The molecule has 0 fully saturated rings. The van der Waals surface area contributed by atoms with Crippen LogP contribution in [0.3, 0.4) is 0 Å². The maximum atomic E-state index is 12.2. The molecule has 0 aliphatic carbocycles. The molecule has 0 atom stereocenters. The fourth-order valence-electron chi connectivity index (χ4n) is 0.551. The van der Waals surface area contributed by atoms with Crippen LogP contribution < -0.4 is 0 Å². The predicted molar refractivity (Wildman–Crippen MR) is 30.8 cm³/mol. The first kappa shape index (κ1) is 10.7. The lowest BCUT2D eigenvalue weighted by Gasteiger charge is -2.19. The first-order chi connectivity index (χ1) is 4.83. The largest absolute Gasteiger partial charge is 0.281 e. The van der Waals surface area contributed by atoms with Gasteiger partial charge in [0.1, 0.15) is 0 Å². The van der Waals surface area contributed by atoms with Crippen molar-refractivity contribution < 1.29 is 22.0 Å². The van der Waals surface area contributed by atoms with Gasteiger partial charge in [0.25, 0.3) is 11.8 Å². The standard InChI is InChI=1S/C6H9F5/c1-2-5(8,9)3-6(10,11)4-7/h2-4H2,1H3. The summed E-state index contributed by atoms with van der Waals surface area (Å²) >= 11 is 0. The molecule has 0 saturated heterocycles. The van der Waals surface area contributed by atoms with Crippen molar-refractivity contribution in [2.75, 3.05) is 6.67 Å². The number of alkyl halides is 5. The molecule has 0 heterocycles. The molecular weight excluding hydrogens is 167 g/mol. The molecule has 68 valence electrons. The monoisotopic (exact) mass is 176 g/mol. The molecule has 0 aromatic carbocycles. The normalized spacial score (nSPS) is 13.6. The highest BCUT2D eigenvalue weighted by Crippen LogP contribution is 2.32. The molecule has 11 heavy (non-hydrogen) atoms. The second-order valence-corrected chi connectivity index (χ2v) is 2.38. The summed E-state index contributed by atoms with van der Waals surface area (Å²) in [5.74, 6) is -7.35. The third-order valence-corrected chi connectivity index (χ3v) is 1.23. The van der Waals surface area contributed by atoms with Crippen LogP contribution in [0.15, 0.2) is 0 Å². The van der Waals surface area contributed by atoms with Crippen LogP contribution in [0.4, 0.5) is 22.0 Å². The van der Waals surface area contributed by atoms with Crippen molar-refractivity contribution >= 4 is 0 Å². The van der Waals surface area contributed by atoms with Crippen LogP contribution in [0.1, 0.15) is 19.8 Å². The van der Waals surface area contributed by atoms with Crippen LogP contribution in [0.5, 0.6) is 0 Å². The van der Waals surface area contributed by atoms with Crippen LogP contribution in [0.2, 0.25) is 0 Å². The molecule has 0 nitrogen and oxygen atoms in total. The predicted octanol–water partition coefficient (Wildman–Crippen LogP) is 3.03. The quantitative estimate of drug-likeness (QED) is 0.577. The zero-order valence-electron chi connectivity index (χ0n) is 6.01. The van der Waals surface area contributed by atoms with Gasteiger partial charge >= 0.3 is 0 Å². The van der Waals surface area contributed by atoms with Gasteiger partial charge in [-0.15, -0.1) is 0 Å². The third kappa shape index (κ3) is 4.16. The summed E-state index contributed by atoms with van der Waals surface area (Å²) < 4.78 is 59.7. The highest BCUT2D eigenvalue weighted by Gasteiger charge is 2.41. The first-order valence-corrected chi connectivity index (χ1v) is 3.14. The lowest BCUT2D eigenvalue weighted by atomic mass is 10.1. The Hall–Kier alpha value is -0.350. The maximum Gasteiger partial charge on any atom is 0.281 e. The zero-order valence-corrected chi connectivity index (χ0v) is 6.01. The molecule has 0 aromatic rings. The molecule has 0 radical (unpaired) electrons. The number of hydrogen-bond acceptors (Lipinski definition) is 0. The molecule has 0 aliphatic heterocycles. The lowest BCUT2D eigenvalue weighted by Crippen LogP contribution is -2.30. The molecule has 0 spiro atoms. The van der Waals surface area contributed by atoms with E-state index in [1.807, 2.05) is 0 Å². The molecule has 0 N–H and O–H groups in total. The summed E-state index contributed by atoms with van der Waals surface area (Å²) in [5.41, 5.74) is 0. The van der Waals surface area contributed by atoms with Crippen LogP contribution in [0.25, 0.3) is 0 Å². The van der Waals surface area contributed by atoms with E-state index in [1.54, 1.807) is 0 Å². The van der Waals surface area contributed by atoms with Gasteiger partial charge in [0.05, 0.1) is 6.42 Å². The molecule has 0 saturated carbocycles. The fraction of sp³-hybridized carbons (Fsp3) is 1.00. The SMILES string of the molecule is CCC(F)(F)CC(F)(F)CF. The minimum absolute atomic E-state index is 0.692. The Bertz CT molecular complexity index is 106. The minimum atomic E-state index is -3.89. The highest BCUT2D eigenvalue weighted by molar-refractivity contribution is 4.75. The second-order valence-electron chi connectivity index (χ2n) is 2.38. The van der Waals surface area contributed by atoms with Crippen molar-refractivity contribution in [1.29, 1.82) is 0 Å². The molecule has 5 heteroatoms. The van der Waals surface area contributed by atoms with E-state index in [1.165, 1.54) is 0 Å². The van der Waals surface area contributed by atoms with Crippen LogP contribution in [0, 0.1) is 0 Å². The van der Waals surface area contributed by atoms with Crippen LogP contribution >= 0.6 is 0 Å². The van der Waals surface area contributed by atoms with Gasteiger partial charge in [-0.3, -0.25) is 0 Å². The van der Waals surface area contributed by atoms with E-state index in [-0.39, 0.29) is 0 Å².